The Kier molecular flexibility index (Phi) is 2.31. The highest BCUT2D eigenvalue weighted by Gasteiger charge is 2.19. The Hall–Kier alpha value is -1.63. The van der Waals surface area contributed by atoms with E-state index < -0.39 is 0 Å². The van der Waals surface area contributed by atoms with E-state index >= 15 is 0 Å². The first kappa shape index (κ1) is 9.91. The molecule has 0 unspecified atom stereocenters. The fourth-order valence-electron chi connectivity index (χ4n) is 1.30. The highest BCUT2D eigenvalue weighted by atomic mass is 32.1. The molecule has 6 nitrogen and oxygen atoms in total. The minimum atomic E-state index is 0.566. The fraction of sp³-hybridized carbons (Fsp3) is 0.375. The van der Waals surface area contributed by atoms with Gasteiger partial charge in [0.1, 0.15) is 0 Å². The van der Waals surface area contributed by atoms with Crippen LogP contribution in [0.15, 0.2) is 6.33 Å². The SMILES string of the molecule is CNc1nnc(-c2c(C)n(C)c[n+]2[O-])s1. The van der Waals surface area contributed by atoms with Crippen LogP contribution in [0, 0.1) is 12.1 Å². The maximum absolute atomic E-state index is 11.6. The second-order valence-corrected chi connectivity index (χ2v) is 4.13. The molecule has 80 valence electrons. The largest absolute Gasteiger partial charge is 0.710 e. The summed E-state index contributed by atoms with van der Waals surface area (Å²) in [5.74, 6) is 0. The van der Waals surface area contributed by atoms with Crippen molar-refractivity contribution >= 4 is 16.5 Å². The summed E-state index contributed by atoms with van der Waals surface area (Å²) in [5.41, 5.74) is 1.44. The molecule has 0 radical (unpaired) electrons. The van der Waals surface area contributed by atoms with Gasteiger partial charge in [0.15, 0.2) is 10.7 Å². The highest BCUT2D eigenvalue weighted by molar-refractivity contribution is 7.18. The number of rotatable bonds is 2. The van der Waals surface area contributed by atoms with Crippen LogP contribution in [0.4, 0.5) is 5.13 Å². The van der Waals surface area contributed by atoms with E-state index in [2.05, 4.69) is 15.5 Å². The molecule has 0 saturated carbocycles. The third kappa shape index (κ3) is 1.54. The maximum atomic E-state index is 11.6. The van der Waals surface area contributed by atoms with Crippen LogP contribution in [0.25, 0.3) is 10.7 Å². The van der Waals surface area contributed by atoms with Crippen LogP contribution >= 0.6 is 11.3 Å². The zero-order chi connectivity index (χ0) is 11.0. The van der Waals surface area contributed by atoms with E-state index in [0.29, 0.717) is 15.8 Å². The molecule has 2 aromatic rings. The summed E-state index contributed by atoms with van der Waals surface area (Å²) in [7, 11) is 3.60. The molecule has 0 spiro atoms. The van der Waals surface area contributed by atoms with Crippen molar-refractivity contribution < 1.29 is 4.73 Å². The molecule has 0 amide bonds. The Morgan fingerprint density at radius 3 is 2.73 bits per heavy atom. The Morgan fingerprint density at radius 1 is 1.53 bits per heavy atom. The average molecular weight is 225 g/mol. The molecule has 1 N–H and O–H groups in total. The van der Waals surface area contributed by atoms with E-state index in [0.717, 1.165) is 10.4 Å². The van der Waals surface area contributed by atoms with E-state index in [1.165, 1.54) is 17.7 Å². The molecule has 0 aliphatic carbocycles. The lowest BCUT2D eigenvalue weighted by Gasteiger charge is -1.98. The number of imidazole rings is 1. The van der Waals surface area contributed by atoms with E-state index in [9.17, 15) is 5.21 Å². The molecule has 15 heavy (non-hydrogen) atoms. The lowest BCUT2D eigenvalue weighted by molar-refractivity contribution is -0.593. The molecular formula is C8H11N5OS. The monoisotopic (exact) mass is 225 g/mol. The van der Waals surface area contributed by atoms with Crippen LogP contribution in [0.1, 0.15) is 5.69 Å². The van der Waals surface area contributed by atoms with Crippen molar-refractivity contribution in [3.05, 3.63) is 17.2 Å². The lowest BCUT2D eigenvalue weighted by atomic mass is 10.3. The van der Waals surface area contributed by atoms with E-state index in [-0.39, 0.29) is 0 Å². The van der Waals surface area contributed by atoms with Crippen LogP contribution in [-0.4, -0.2) is 21.8 Å². The van der Waals surface area contributed by atoms with Crippen molar-refractivity contribution in [2.24, 2.45) is 7.05 Å². The van der Waals surface area contributed by atoms with Gasteiger partial charge in [-0.3, -0.25) is 0 Å². The minimum Gasteiger partial charge on any atom is -0.710 e. The normalized spacial score (nSPS) is 10.6. The van der Waals surface area contributed by atoms with Gasteiger partial charge in [-0.15, -0.1) is 10.2 Å². The highest BCUT2D eigenvalue weighted by Crippen LogP contribution is 2.25. The van der Waals surface area contributed by atoms with Gasteiger partial charge in [0.25, 0.3) is 0 Å². The summed E-state index contributed by atoms with van der Waals surface area (Å²) in [4.78, 5) is 0. The van der Waals surface area contributed by atoms with Crippen molar-refractivity contribution in [2.75, 3.05) is 12.4 Å². The number of hydrogen-bond donors (Lipinski definition) is 1. The Morgan fingerprint density at radius 2 is 2.27 bits per heavy atom. The summed E-state index contributed by atoms with van der Waals surface area (Å²) in [6.07, 6.45) is 1.48. The maximum Gasteiger partial charge on any atom is 0.247 e. The summed E-state index contributed by atoms with van der Waals surface area (Å²) in [6.45, 7) is 1.88. The van der Waals surface area contributed by atoms with Crippen LogP contribution < -0.4 is 10.0 Å². The molecule has 2 heterocycles. The van der Waals surface area contributed by atoms with Gasteiger partial charge in [0.2, 0.25) is 17.2 Å². The zero-order valence-electron chi connectivity index (χ0n) is 8.68. The number of anilines is 1. The number of aryl methyl sites for hydroxylation is 1. The summed E-state index contributed by atoms with van der Waals surface area (Å²) in [6, 6.07) is 0. The van der Waals surface area contributed by atoms with Crippen molar-refractivity contribution in [3.63, 3.8) is 0 Å². The molecule has 0 aromatic carbocycles. The average Bonchev–Trinajstić information content (AvgIpc) is 2.74. The Balaban J connectivity index is 2.53. The third-order valence-corrected chi connectivity index (χ3v) is 3.16. The molecule has 0 saturated heterocycles. The minimum absolute atomic E-state index is 0.566. The van der Waals surface area contributed by atoms with Crippen molar-refractivity contribution in [1.82, 2.24) is 14.8 Å². The van der Waals surface area contributed by atoms with Crippen LogP contribution in [0.5, 0.6) is 0 Å². The second kappa shape index (κ2) is 3.50. The topological polar surface area (TPSA) is 69.7 Å². The molecular weight excluding hydrogens is 214 g/mol. The summed E-state index contributed by atoms with van der Waals surface area (Å²) >= 11 is 1.36. The molecule has 0 aliphatic rings. The molecule has 0 aliphatic heterocycles. The number of nitrogens with one attached hydrogen (secondary N) is 1. The molecule has 0 fully saturated rings. The van der Waals surface area contributed by atoms with Gasteiger partial charge in [-0.05, 0) is 0 Å². The van der Waals surface area contributed by atoms with E-state index in [4.69, 9.17) is 0 Å². The second-order valence-electron chi connectivity index (χ2n) is 3.15. The lowest BCUT2D eigenvalue weighted by Crippen LogP contribution is -2.25. The van der Waals surface area contributed by atoms with Crippen molar-refractivity contribution in [3.8, 4) is 10.7 Å². The molecule has 2 aromatic heterocycles. The molecule has 2 rings (SSSR count). The van der Waals surface area contributed by atoms with Gasteiger partial charge in [-0.2, -0.15) is 0 Å². The molecule has 0 atom stereocenters. The number of hydrogen-bond acceptors (Lipinski definition) is 5. The van der Waals surface area contributed by atoms with Gasteiger partial charge in [-0.1, -0.05) is 11.3 Å². The molecule has 0 bridgehead atoms. The first-order valence-corrected chi connectivity index (χ1v) is 5.22. The predicted octanol–water partition coefficient (Wildman–Crippen LogP) is 0.527. The standard InChI is InChI=1S/C8H11N5OS/c1-5-6(13(14)4-12(5)3)7-10-11-8(9-2)15-7/h4H,1-3H3,(H,9,11). The third-order valence-electron chi connectivity index (χ3n) is 2.21. The summed E-state index contributed by atoms with van der Waals surface area (Å²) in [5, 5.41) is 23.7. The first-order chi connectivity index (χ1) is 7.13. The van der Waals surface area contributed by atoms with Gasteiger partial charge < -0.3 is 10.5 Å². The van der Waals surface area contributed by atoms with Gasteiger partial charge in [-0.25, -0.2) is 9.30 Å². The van der Waals surface area contributed by atoms with Crippen LogP contribution in [-0.2, 0) is 7.05 Å². The Labute approximate surface area is 90.8 Å². The zero-order valence-corrected chi connectivity index (χ0v) is 9.50. The van der Waals surface area contributed by atoms with Gasteiger partial charge in [0.05, 0.1) is 7.05 Å². The smallest absolute Gasteiger partial charge is 0.247 e. The van der Waals surface area contributed by atoms with E-state index in [1.54, 1.807) is 11.6 Å². The van der Waals surface area contributed by atoms with Gasteiger partial charge in [0, 0.05) is 14.0 Å². The van der Waals surface area contributed by atoms with Crippen molar-refractivity contribution in [2.45, 2.75) is 6.92 Å². The molecule has 7 heteroatoms. The quantitative estimate of drug-likeness (QED) is 0.598. The summed E-state index contributed by atoms with van der Waals surface area (Å²) < 4.78 is 2.58. The first-order valence-electron chi connectivity index (χ1n) is 4.40. The van der Waals surface area contributed by atoms with E-state index in [1.807, 2.05) is 14.0 Å². The van der Waals surface area contributed by atoms with Crippen LogP contribution in [0.3, 0.4) is 0 Å². The fourth-order valence-corrected chi connectivity index (χ4v) is 2.08. The Bertz CT molecular complexity index is 489. The number of aromatic nitrogens is 4. The van der Waals surface area contributed by atoms with Crippen LogP contribution in [0.2, 0.25) is 0 Å². The number of nitrogens with zero attached hydrogens (tertiary/aromatic N) is 4. The predicted molar refractivity (Wildman–Crippen MR) is 57.6 cm³/mol. The van der Waals surface area contributed by atoms with Crippen molar-refractivity contribution in [1.29, 1.82) is 0 Å². The van der Waals surface area contributed by atoms with Gasteiger partial charge >= 0.3 is 0 Å².